The van der Waals surface area contributed by atoms with Crippen LogP contribution in [0.1, 0.15) is 24.8 Å². The van der Waals surface area contributed by atoms with Crippen molar-refractivity contribution >= 4 is 39.3 Å². The highest BCUT2D eigenvalue weighted by Gasteiger charge is 2.42. The first-order chi connectivity index (χ1) is 19.8. The van der Waals surface area contributed by atoms with E-state index in [1.165, 1.54) is 29.2 Å². The van der Waals surface area contributed by atoms with E-state index in [9.17, 15) is 22.4 Å². The normalized spacial score (nSPS) is 20.3. The predicted molar refractivity (Wildman–Crippen MR) is 150 cm³/mol. The van der Waals surface area contributed by atoms with E-state index in [-0.39, 0.29) is 29.8 Å². The topological polar surface area (TPSA) is 118 Å². The van der Waals surface area contributed by atoms with Gasteiger partial charge in [-0.15, -0.1) is 11.3 Å². The van der Waals surface area contributed by atoms with Gasteiger partial charge in [-0.3, -0.25) is 14.6 Å². The van der Waals surface area contributed by atoms with Gasteiger partial charge in [-0.2, -0.15) is 4.31 Å². The fourth-order valence-electron chi connectivity index (χ4n) is 4.55. The Labute approximate surface area is 241 Å². The summed E-state index contributed by atoms with van der Waals surface area (Å²) in [5.74, 6) is -1.46. The third-order valence-electron chi connectivity index (χ3n) is 6.75. The molecule has 41 heavy (non-hydrogen) atoms. The first kappa shape index (κ1) is 29.0. The molecule has 2 amide bonds. The molecule has 5 rings (SSSR count). The van der Waals surface area contributed by atoms with Gasteiger partial charge in [0.05, 0.1) is 0 Å². The molecule has 3 aromatic rings. The summed E-state index contributed by atoms with van der Waals surface area (Å²) < 4.78 is 47.6. The lowest BCUT2D eigenvalue weighted by Crippen LogP contribution is -2.61. The van der Waals surface area contributed by atoms with Crippen LogP contribution in [0.3, 0.4) is 0 Å². The zero-order valence-corrected chi connectivity index (χ0v) is 23.7. The molecule has 10 nitrogen and oxygen atoms in total. The van der Waals surface area contributed by atoms with Crippen molar-refractivity contribution in [3.63, 3.8) is 0 Å². The number of carbonyl (C=O) groups excluding carboxylic acids is 2. The number of nitrogens with zero attached hydrogens (tertiary/aromatic N) is 3. The number of benzene rings is 1. The summed E-state index contributed by atoms with van der Waals surface area (Å²) in [4.78, 5) is 37.9. The Bertz CT molecular complexity index is 1490. The maximum absolute atomic E-state index is 13.8. The third kappa shape index (κ3) is 7.05. The van der Waals surface area contributed by atoms with Crippen molar-refractivity contribution in [1.82, 2.24) is 19.7 Å². The molecule has 13 heteroatoms. The molecule has 1 unspecified atom stereocenters. The van der Waals surface area contributed by atoms with E-state index in [0.29, 0.717) is 23.5 Å². The molecule has 1 N–H and O–H groups in total. The molecule has 2 aromatic heterocycles. The van der Waals surface area contributed by atoms with Crippen LogP contribution in [0.15, 0.2) is 71.2 Å². The molecule has 216 valence electrons. The highest BCUT2D eigenvalue weighted by atomic mass is 32.2. The number of carbonyl (C=O) groups is 2. The van der Waals surface area contributed by atoms with Gasteiger partial charge in [0.15, 0.2) is 6.29 Å². The molecule has 2 atom stereocenters. The van der Waals surface area contributed by atoms with Gasteiger partial charge in [-0.05, 0) is 60.4 Å². The number of halogens is 1. The Hall–Kier alpha value is -3.49. The molecule has 0 bridgehead atoms. The van der Waals surface area contributed by atoms with Gasteiger partial charge in [0.25, 0.3) is 15.9 Å². The number of amides is 2. The maximum Gasteiger partial charge on any atom is 0.263 e. The van der Waals surface area contributed by atoms with Crippen LogP contribution < -0.4 is 5.48 Å². The Kier molecular flexibility index (Phi) is 9.20. The molecule has 2 saturated heterocycles. The van der Waals surface area contributed by atoms with Crippen LogP contribution in [0, 0.1) is 5.82 Å². The summed E-state index contributed by atoms with van der Waals surface area (Å²) in [6.45, 7) is 0.315. The Morgan fingerprint density at radius 3 is 2.68 bits per heavy atom. The number of ether oxygens (including phenoxy) is 1. The van der Waals surface area contributed by atoms with E-state index in [4.69, 9.17) is 9.57 Å². The molecule has 0 spiro atoms. The lowest BCUT2D eigenvalue weighted by atomic mass is 10.2. The Balaban J connectivity index is 1.35. The number of hydrogen-bond acceptors (Lipinski definition) is 8. The number of nitrogens with one attached hydrogen (secondary N) is 1. The third-order valence-corrected chi connectivity index (χ3v) is 10.3. The average molecular weight is 601 g/mol. The number of sulfonamides is 1. The second-order valence-corrected chi connectivity index (χ2v) is 12.7. The highest BCUT2D eigenvalue weighted by Crippen LogP contribution is 2.33. The molecule has 1 aromatic carbocycles. The second kappa shape index (κ2) is 13.0. The van der Waals surface area contributed by atoms with Crippen LogP contribution in [0.4, 0.5) is 4.39 Å². The van der Waals surface area contributed by atoms with Crippen LogP contribution in [0.25, 0.3) is 16.5 Å². The van der Waals surface area contributed by atoms with Crippen LogP contribution in [-0.4, -0.2) is 73.0 Å². The van der Waals surface area contributed by atoms with E-state index in [0.717, 1.165) is 34.0 Å². The summed E-state index contributed by atoms with van der Waals surface area (Å²) in [6, 6.07) is 11.2. The molecule has 2 aliphatic heterocycles. The maximum atomic E-state index is 13.8. The smallest absolute Gasteiger partial charge is 0.263 e. The summed E-state index contributed by atoms with van der Waals surface area (Å²) in [6.07, 6.45) is 7.96. The first-order valence-corrected chi connectivity index (χ1v) is 15.4. The van der Waals surface area contributed by atoms with Gasteiger partial charge < -0.3 is 9.64 Å². The molecular weight excluding hydrogens is 571 g/mol. The minimum atomic E-state index is -4.13. The molecule has 2 fully saturated rings. The van der Waals surface area contributed by atoms with Crippen molar-refractivity contribution in [2.75, 3.05) is 26.2 Å². The van der Waals surface area contributed by atoms with E-state index in [1.54, 1.807) is 48.8 Å². The number of pyridine rings is 1. The van der Waals surface area contributed by atoms with Gasteiger partial charge in [0.2, 0.25) is 5.91 Å². The monoisotopic (exact) mass is 600 g/mol. The van der Waals surface area contributed by atoms with E-state index >= 15 is 0 Å². The average Bonchev–Trinajstić information content (AvgIpc) is 3.51. The van der Waals surface area contributed by atoms with Gasteiger partial charge in [0.1, 0.15) is 16.1 Å². The zero-order chi connectivity index (χ0) is 28.8. The fourth-order valence-corrected chi connectivity index (χ4v) is 7.57. The highest BCUT2D eigenvalue weighted by molar-refractivity contribution is 7.91. The largest absolute Gasteiger partial charge is 0.350 e. The van der Waals surface area contributed by atoms with Crippen molar-refractivity contribution in [2.45, 2.75) is 35.8 Å². The Morgan fingerprint density at radius 2 is 1.95 bits per heavy atom. The summed E-state index contributed by atoms with van der Waals surface area (Å²) in [5.41, 5.74) is 3.76. The fraction of sp³-hybridized carbons (Fsp3) is 0.321. The Morgan fingerprint density at radius 1 is 1.12 bits per heavy atom. The van der Waals surface area contributed by atoms with Crippen LogP contribution in [-0.2, 0) is 29.2 Å². The van der Waals surface area contributed by atoms with Crippen LogP contribution >= 0.6 is 11.3 Å². The summed E-state index contributed by atoms with van der Waals surface area (Å²) in [7, 11) is -4.13. The SMILES string of the molecule is O=C(NOC1CCCCO1)[C@H]1CN(C(=O)C=Cc2cccnc2)CCN1S(=O)(=O)c1ccc(-c2ccc(F)cc2)s1. The number of aromatic nitrogens is 1. The van der Waals surface area contributed by atoms with Crippen LogP contribution in [0.5, 0.6) is 0 Å². The van der Waals surface area contributed by atoms with Gasteiger partial charge in [-0.1, -0.05) is 18.2 Å². The lowest BCUT2D eigenvalue weighted by Gasteiger charge is -2.39. The van der Waals surface area contributed by atoms with Crippen molar-refractivity contribution in [2.24, 2.45) is 0 Å². The van der Waals surface area contributed by atoms with Crippen molar-refractivity contribution < 1.29 is 32.0 Å². The van der Waals surface area contributed by atoms with Gasteiger partial charge in [-0.25, -0.2) is 23.1 Å². The van der Waals surface area contributed by atoms with Crippen molar-refractivity contribution in [1.29, 1.82) is 0 Å². The minimum absolute atomic E-state index is 0.0300. The molecular formula is C28H29FN4O6S2. The van der Waals surface area contributed by atoms with Crippen molar-refractivity contribution in [3.8, 4) is 10.4 Å². The predicted octanol–water partition coefficient (Wildman–Crippen LogP) is 3.44. The molecule has 4 heterocycles. The molecule has 0 radical (unpaired) electrons. The molecule has 0 saturated carbocycles. The van der Waals surface area contributed by atoms with Gasteiger partial charge >= 0.3 is 0 Å². The first-order valence-electron chi connectivity index (χ1n) is 13.1. The second-order valence-electron chi connectivity index (χ2n) is 9.54. The number of hydroxylamine groups is 1. The quantitative estimate of drug-likeness (QED) is 0.311. The molecule has 2 aliphatic rings. The molecule has 0 aliphatic carbocycles. The number of rotatable bonds is 8. The summed E-state index contributed by atoms with van der Waals surface area (Å²) >= 11 is 1.02. The van der Waals surface area contributed by atoms with Gasteiger partial charge in [0, 0.05) is 56.0 Å². The lowest BCUT2D eigenvalue weighted by molar-refractivity contribution is -0.202. The van der Waals surface area contributed by atoms with E-state index in [1.807, 2.05) is 0 Å². The summed E-state index contributed by atoms with van der Waals surface area (Å²) in [5, 5.41) is 0. The number of thiophene rings is 1. The van der Waals surface area contributed by atoms with Crippen LogP contribution in [0.2, 0.25) is 0 Å². The number of piperazine rings is 1. The van der Waals surface area contributed by atoms with Crippen molar-refractivity contribution in [3.05, 3.63) is 78.4 Å². The zero-order valence-electron chi connectivity index (χ0n) is 22.0. The van der Waals surface area contributed by atoms with E-state index < -0.39 is 34.1 Å². The number of hydrogen-bond donors (Lipinski definition) is 1. The minimum Gasteiger partial charge on any atom is -0.350 e. The van der Waals surface area contributed by atoms with E-state index in [2.05, 4.69) is 10.5 Å². The standard InChI is InChI=1S/C28H29FN4O6S2/c29-22-9-7-21(8-10-22)24-11-13-27(40-24)41(36,37)33-16-15-32(25(34)12-6-20-4-3-14-30-18-20)19-23(33)28(35)31-39-26-5-1-2-17-38-26/h3-4,6-14,18,23,26H,1-2,5,15-17,19H2,(H,31,35)/t23-,26?/m1/s1.